The van der Waals surface area contributed by atoms with Crippen molar-refractivity contribution in [3.05, 3.63) is 0 Å². The van der Waals surface area contributed by atoms with Crippen LogP contribution in [0.5, 0.6) is 0 Å². The summed E-state index contributed by atoms with van der Waals surface area (Å²) < 4.78 is 28.9. The van der Waals surface area contributed by atoms with E-state index in [9.17, 15) is 13.6 Å². The van der Waals surface area contributed by atoms with Crippen LogP contribution in [0.25, 0.3) is 0 Å². The van der Waals surface area contributed by atoms with E-state index in [-0.39, 0.29) is 6.42 Å². The zero-order valence-corrected chi connectivity index (χ0v) is 6.85. The summed E-state index contributed by atoms with van der Waals surface area (Å²) in [4.78, 5) is 9.76. The van der Waals surface area contributed by atoms with Gasteiger partial charge in [0, 0.05) is 6.42 Å². The van der Waals surface area contributed by atoms with Gasteiger partial charge in [-0.1, -0.05) is 13.3 Å². The molecule has 0 aliphatic heterocycles. The number of hydrogen-bond donors (Lipinski definition) is 1. The highest BCUT2D eigenvalue weighted by molar-refractivity contribution is 5.56. The van der Waals surface area contributed by atoms with Crippen molar-refractivity contribution in [3.8, 4) is 0 Å². The van der Waals surface area contributed by atoms with Crippen molar-refractivity contribution in [2.45, 2.75) is 32.1 Å². The molecule has 0 aliphatic carbocycles. The second-order valence-electron chi connectivity index (χ2n) is 2.51. The molecular weight excluding hydrogens is 170 g/mol. The van der Waals surface area contributed by atoms with Crippen molar-refractivity contribution in [3.63, 3.8) is 0 Å². The van der Waals surface area contributed by atoms with Gasteiger partial charge in [0.05, 0.1) is 0 Å². The minimum atomic E-state index is -3.02. The highest BCUT2D eigenvalue weighted by Gasteiger charge is 2.29. The minimum absolute atomic E-state index is 0.323. The largest absolute Gasteiger partial charge is 0.505 e. The molecule has 0 aromatic rings. The van der Waals surface area contributed by atoms with E-state index in [4.69, 9.17) is 5.11 Å². The van der Waals surface area contributed by atoms with Gasteiger partial charge in [-0.15, -0.1) is 0 Å². The molecule has 0 saturated carbocycles. The van der Waals surface area contributed by atoms with Crippen molar-refractivity contribution < 1.29 is 23.4 Å². The predicted molar refractivity (Wildman–Crippen MR) is 38.4 cm³/mol. The maximum Gasteiger partial charge on any atom is 0.505 e. The third-order valence-corrected chi connectivity index (χ3v) is 1.30. The van der Waals surface area contributed by atoms with Gasteiger partial charge < -0.3 is 9.84 Å². The lowest BCUT2D eigenvalue weighted by atomic mass is 10.1. The Kier molecular flexibility index (Phi) is 4.54. The molecule has 3 nitrogen and oxygen atoms in total. The van der Waals surface area contributed by atoms with E-state index in [2.05, 4.69) is 4.74 Å². The van der Waals surface area contributed by atoms with Crippen molar-refractivity contribution in [2.75, 3.05) is 6.61 Å². The molecule has 12 heavy (non-hydrogen) atoms. The average molecular weight is 182 g/mol. The molecule has 5 heteroatoms. The summed E-state index contributed by atoms with van der Waals surface area (Å²) in [6.07, 6.45) is -0.957. The summed E-state index contributed by atoms with van der Waals surface area (Å²) in [7, 11) is 0. The fraction of sp³-hybridized carbons (Fsp3) is 0.857. The number of ether oxygens (including phenoxy) is 1. The topological polar surface area (TPSA) is 46.5 Å². The van der Waals surface area contributed by atoms with Gasteiger partial charge in [-0.05, 0) is 6.42 Å². The SMILES string of the molecule is CCCCC(F)(F)COC(=O)O. The number of unbranched alkanes of at least 4 members (excludes halogenated alkanes) is 1. The van der Waals surface area contributed by atoms with Crippen LogP contribution in [0, 0.1) is 0 Å². The zero-order chi connectivity index (χ0) is 9.61. The maximum atomic E-state index is 12.6. The van der Waals surface area contributed by atoms with Crippen LogP contribution in [-0.2, 0) is 4.74 Å². The third-order valence-electron chi connectivity index (χ3n) is 1.30. The number of carbonyl (C=O) groups is 1. The summed E-state index contributed by atoms with van der Waals surface area (Å²) in [5, 5.41) is 7.95. The number of carboxylic acid groups (broad SMARTS) is 1. The molecule has 0 aromatic heterocycles. The van der Waals surface area contributed by atoms with Gasteiger partial charge in [0.1, 0.15) is 0 Å². The van der Waals surface area contributed by atoms with Crippen LogP contribution in [0.4, 0.5) is 13.6 Å². The second-order valence-corrected chi connectivity index (χ2v) is 2.51. The lowest BCUT2D eigenvalue weighted by molar-refractivity contribution is -0.0702. The smallest absolute Gasteiger partial charge is 0.450 e. The van der Waals surface area contributed by atoms with Gasteiger partial charge in [-0.25, -0.2) is 13.6 Å². The second kappa shape index (κ2) is 4.90. The van der Waals surface area contributed by atoms with Gasteiger partial charge in [-0.3, -0.25) is 0 Å². The summed E-state index contributed by atoms with van der Waals surface area (Å²) in [5.41, 5.74) is 0. The first-order valence-electron chi connectivity index (χ1n) is 3.71. The van der Waals surface area contributed by atoms with Gasteiger partial charge in [-0.2, -0.15) is 0 Å². The normalized spacial score (nSPS) is 11.2. The Bertz CT molecular complexity index is 148. The molecule has 0 bridgehead atoms. The maximum absolute atomic E-state index is 12.6. The van der Waals surface area contributed by atoms with Crippen LogP contribution < -0.4 is 0 Å². The van der Waals surface area contributed by atoms with Crippen molar-refractivity contribution in [1.29, 1.82) is 0 Å². The highest BCUT2D eigenvalue weighted by atomic mass is 19.3. The Morgan fingerprint density at radius 3 is 2.58 bits per heavy atom. The van der Waals surface area contributed by atoms with Gasteiger partial charge in [0.2, 0.25) is 0 Å². The third kappa shape index (κ3) is 5.88. The molecule has 0 unspecified atom stereocenters. The van der Waals surface area contributed by atoms with E-state index < -0.39 is 18.7 Å². The van der Waals surface area contributed by atoms with E-state index in [1.807, 2.05) is 0 Å². The van der Waals surface area contributed by atoms with Crippen molar-refractivity contribution in [1.82, 2.24) is 0 Å². The molecule has 1 N–H and O–H groups in total. The Morgan fingerprint density at radius 1 is 1.58 bits per heavy atom. The molecule has 0 amide bonds. The molecule has 0 radical (unpaired) electrons. The van der Waals surface area contributed by atoms with Gasteiger partial charge in [0.25, 0.3) is 5.92 Å². The first kappa shape index (κ1) is 11.1. The number of hydrogen-bond acceptors (Lipinski definition) is 2. The van der Waals surface area contributed by atoms with E-state index in [0.717, 1.165) is 0 Å². The van der Waals surface area contributed by atoms with Crippen LogP contribution in [0.3, 0.4) is 0 Å². The van der Waals surface area contributed by atoms with Gasteiger partial charge >= 0.3 is 6.16 Å². The zero-order valence-electron chi connectivity index (χ0n) is 6.85. The molecule has 0 saturated heterocycles. The number of halogens is 2. The van der Waals surface area contributed by atoms with Crippen LogP contribution in [0.1, 0.15) is 26.2 Å². The Labute approximate surface area is 69.3 Å². The summed E-state index contributed by atoms with van der Waals surface area (Å²) >= 11 is 0. The monoisotopic (exact) mass is 182 g/mol. The standard InChI is InChI=1S/C7H12F2O3/c1-2-3-4-7(8,9)5-12-6(10)11/h2-5H2,1H3,(H,10,11). The molecule has 0 fully saturated rings. The van der Waals surface area contributed by atoms with E-state index >= 15 is 0 Å². The number of rotatable bonds is 5. The lowest BCUT2D eigenvalue weighted by Gasteiger charge is -2.14. The molecule has 0 aromatic carbocycles. The molecule has 0 spiro atoms. The first-order chi connectivity index (χ1) is 5.48. The molecular formula is C7H12F2O3. The first-order valence-corrected chi connectivity index (χ1v) is 3.71. The molecule has 0 atom stereocenters. The Hall–Kier alpha value is -0.870. The highest BCUT2D eigenvalue weighted by Crippen LogP contribution is 2.21. The Balaban J connectivity index is 3.63. The Morgan fingerprint density at radius 2 is 2.17 bits per heavy atom. The van der Waals surface area contributed by atoms with Crippen LogP contribution >= 0.6 is 0 Å². The molecule has 0 aliphatic rings. The quantitative estimate of drug-likeness (QED) is 0.664. The van der Waals surface area contributed by atoms with Gasteiger partial charge in [0.15, 0.2) is 6.61 Å². The van der Waals surface area contributed by atoms with E-state index in [1.54, 1.807) is 6.92 Å². The minimum Gasteiger partial charge on any atom is -0.450 e. The average Bonchev–Trinajstić information content (AvgIpc) is 1.98. The molecule has 0 rings (SSSR count). The predicted octanol–water partition coefficient (Wildman–Crippen LogP) is 2.51. The lowest BCUT2D eigenvalue weighted by Crippen LogP contribution is -2.25. The fourth-order valence-electron chi connectivity index (χ4n) is 0.675. The van der Waals surface area contributed by atoms with Crippen molar-refractivity contribution >= 4 is 6.16 Å². The van der Waals surface area contributed by atoms with Crippen LogP contribution in [0.2, 0.25) is 0 Å². The van der Waals surface area contributed by atoms with Crippen molar-refractivity contribution in [2.24, 2.45) is 0 Å². The fourth-order valence-corrected chi connectivity index (χ4v) is 0.675. The summed E-state index contributed by atoms with van der Waals surface area (Å²) in [5.74, 6) is -3.02. The van der Waals surface area contributed by atoms with E-state index in [0.29, 0.717) is 12.8 Å². The molecule has 0 heterocycles. The number of alkyl halides is 2. The van der Waals surface area contributed by atoms with Crippen LogP contribution in [0.15, 0.2) is 0 Å². The van der Waals surface area contributed by atoms with Crippen LogP contribution in [-0.4, -0.2) is 23.8 Å². The molecule has 72 valence electrons. The summed E-state index contributed by atoms with van der Waals surface area (Å²) in [6, 6.07) is 0. The van der Waals surface area contributed by atoms with E-state index in [1.165, 1.54) is 0 Å². The summed E-state index contributed by atoms with van der Waals surface area (Å²) in [6.45, 7) is 0.746.